The summed E-state index contributed by atoms with van der Waals surface area (Å²) in [6.45, 7) is 4.05. The van der Waals surface area contributed by atoms with Gasteiger partial charge in [0.25, 0.3) is 0 Å². The minimum absolute atomic E-state index is 0.922. The molecule has 3 nitrogen and oxygen atoms in total. The molecule has 0 saturated carbocycles. The van der Waals surface area contributed by atoms with E-state index >= 15 is 0 Å². The predicted molar refractivity (Wildman–Crippen MR) is 55.2 cm³/mol. The van der Waals surface area contributed by atoms with E-state index in [9.17, 15) is 0 Å². The van der Waals surface area contributed by atoms with Crippen molar-refractivity contribution in [2.75, 3.05) is 23.7 Å². The molecule has 2 N–H and O–H groups in total. The second-order valence-electron chi connectivity index (χ2n) is 3.26. The number of aryl methyl sites for hydroxylation is 1. The molecule has 1 aliphatic rings. The van der Waals surface area contributed by atoms with Crippen molar-refractivity contribution in [3.63, 3.8) is 0 Å². The molecular weight excluding hydrogens is 162 g/mol. The van der Waals surface area contributed by atoms with E-state index < -0.39 is 0 Å². The van der Waals surface area contributed by atoms with Crippen LogP contribution >= 0.6 is 0 Å². The summed E-state index contributed by atoms with van der Waals surface area (Å²) in [6, 6.07) is 4.21. The van der Waals surface area contributed by atoms with Gasteiger partial charge in [-0.25, -0.2) is 4.98 Å². The lowest BCUT2D eigenvalue weighted by Gasteiger charge is -2.17. The highest BCUT2D eigenvalue weighted by Crippen LogP contribution is 2.21. The van der Waals surface area contributed by atoms with E-state index in [-0.39, 0.29) is 0 Å². The molecule has 0 spiro atoms. The SMILES string of the molecule is CCNc1ccc2c(n1)NCCC2. The summed E-state index contributed by atoms with van der Waals surface area (Å²) in [5.41, 5.74) is 1.34. The summed E-state index contributed by atoms with van der Waals surface area (Å²) in [4.78, 5) is 4.48. The molecule has 0 bridgehead atoms. The lowest BCUT2D eigenvalue weighted by Crippen LogP contribution is -2.14. The number of nitrogens with zero attached hydrogens (tertiary/aromatic N) is 1. The monoisotopic (exact) mass is 177 g/mol. The number of aromatic nitrogens is 1. The molecule has 13 heavy (non-hydrogen) atoms. The number of hydrogen-bond acceptors (Lipinski definition) is 3. The molecule has 1 aromatic rings. The maximum Gasteiger partial charge on any atom is 0.131 e. The Hall–Kier alpha value is -1.25. The number of pyridine rings is 1. The van der Waals surface area contributed by atoms with Gasteiger partial charge in [0.2, 0.25) is 0 Å². The molecule has 0 unspecified atom stereocenters. The second-order valence-corrected chi connectivity index (χ2v) is 3.26. The van der Waals surface area contributed by atoms with E-state index in [1.165, 1.54) is 12.0 Å². The maximum atomic E-state index is 4.48. The molecule has 1 aromatic heterocycles. The molecule has 0 aliphatic carbocycles. The quantitative estimate of drug-likeness (QED) is 0.724. The van der Waals surface area contributed by atoms with Crippen molar-refractivity contribution in [1.82, 2.24) is 4.98 Å². The molecular formula is C10H15N3. The fraction of sp³-hybridized carbons (Fsp3) is 0.500. The topological polar surface area (TPSA) is 37.0 Å². The van der Waals surface area contributed by atoms with Gasteiger partial charge in [0, 0.05) is 13.1 Å². The molecule has 0 atom stereocenters. The van der Waals surface area contributed by atoms with Crippen molar-refractivity contribution in [3.8, 4) is 0 Å². The highest BCUT2D eigenvalue weighted by Gasteiger charge is 2.09. The van der Waals surface area contributed by atoms with Crippen molar-refractivity contribution in [1.29, 1.82) is 0 Å². The Bertz CT molecular complexity index is 296. The zero-order chi connectivity index (χ0) is 9.10. The lowest BCUT2D eigenvalue weighted by molar-refractivity contribution is 0.818. The summed E-state index contributed by atoms with van der Waals surface area (Å²) in [7, 11) is 0. The second kappa shape index (κ2) is 3.64. The molecule has 3 heteroatoms. The Morgan fingerprint density at radius 2 is 2.46 bits per heavy atom. The normalized spacial score (nSPS) is 14.5. The molecule has 0 saturated heterocycles. The average molecular weight is 177 g/mol. The van der Waals surface area contributed by atoms with E-state index in [1.807, 2.05) is 0 Å². The fourth-order valence-electron chi connectivity index (χ4n) is 1.61. The van der Waals surface area contributed by atoms with Crippen LogP contribution in [0.1, 0.15) is 18.9 Å². The lowest BCUT2D eigenvalue weighted by atomic mass is 10.1. The summed E-state index contributed by atoms with van der Waals surface area (Å²) in [5.74, 6) is 2.03. The van der Waals surface area contributed by atoms with Gasteiger partial charge in [-0.15, -0.1) is 0 Å². The molecule has 2 heterocycles. The van der Waals surface area contributed by atoms with Crippen LogP contribution in [0.25, 0.3) is 0 Å². The Kier molecular flexibility index (Phi) is 2.34. The van der Waals surface area contributed by atoms with Crippen molar-refractivity contribution in [2.45, 2.75) is 19.8 Å². The number of anilines is 2. The molecule has 1 aliphatic heterocycles. The zero-order valence-electron chi connectivity index (χ0n) is 7.93. The smallest absolute Gasteiger partial charge is 0.131 e. The van der Waals surface area contributed by atoms with Gasteiger partial charge >= 0.3 is 0 Å². The summed E-state index contributed by atoms with van der Waals surface area (Å²) < 4.78 is 0. The highest BCUT2D eigenvalue weighted by atomic mass is 15.1. The molecule has 0 amide bonds. The maximum absolute atomic E-state index is 4.48. The van der Waals surface area contributed by atoms with E-state index in [4.69, 9.17) is 0 Å². The third kappa shape index (κ3) is 1.74. The third-order valence-electron chi connectivity index (χ3n) is 2.25. The summed E-state index contributed by atoms with van der Waals surface area (Å²) in [6.07, 6.45) is 2.37. The molecule has 2 rings (SSSR count). The van der Waals surface area contributed by atoms with Crippen molar-refractivity contribution < 1.29 is 0 Å². The Balaban J connectivity index is 2.24. The van der Waals surface area contributed by atoms with Gasteiger partial charge in [-0.1, -0.05) is 6.07 Å². The largest absolute Gasteiger partial charge is 0.370 e. The van der Waals surface area contributed by atoms with Crippen molar-refractivity contribution in [2.24, 2.45) is 0 Å². The Morgan fingerprint density at radius 1 is 1.54 bits per heavy atom. The van der Waals surface area contributed by atoms with Crippen LogP contribution in [0.4, 0.5) is 11.6 Å². The molecule has 0 radical (unpaired) electrons. The first-order chi connectivity index (χ1) is 6.40. The van der Waals surface area contributed by atoms with Crippen molar-refractivity contribution in [3.05, 3.63) is 17.7 Å². The standard InChI is InChI=1S/C10H15N3/c1-2-11-9-6-5-8-4-3-7-12-10(8)13-9/h5-6H,2-4,7H2,1H3,(H2,11,12,13). The first-order valence-corrected chi connectivity index (χ1v) is 4.88. The Morgan fingerprint density at radius 3 is 3.31 bits per heavy atom. The fourth-order valence-corrected chi connectivity index (χ4v) is 1.61. The number of hydrogen-bond donors (Lipinski definition) is 2. The van der Waals surface area contributed by atoms with Crippen LogP contribution in [0, 0.1) is 0 Å². The minimum Gasteiger partial charge on any atom is -0.370 e. The van der Waals surface area contributed by atoms with Gasteiger partial charge in [-0.3, -0.25) is 0 Å². The van der Waals surface area contributed by atoms with Crippen LogP contribution in [0.5, 0.6) is 0 Å². The van der Waals surface area contributed by atoms with Crippen LogP contribution in [-0.4, -0.2) is 18.1 Å². The summed E-state index contributed by atoms with van der Waals surface area (Å²) >= 11 is 0. The Labute approximate surface area is 78.6 Å². The van der Waals surface area contributed by atoms with Crippen LogP contribution in [0.2, 0.25) is 0 Å². The van der Waals surface area contributed by atoms with Crippen molar-refractivity contribution >= 4 is 11.6 Å². The molecule has 70 valence electrons. The van der Waals surface area contributed by atoms with Gasteiger partial charge in [-0.2, -0.15) is 0 Å². The van der Waals surface area contributed by atoms with E-state index in [0.29, 0.717) is 0 Å². The van der Waals surface area contributed by atoms with Gasteiger partial charge in [0.15, 0.2) is 0 Å². The van der Waals surface area contributed by atoms with Crippen LogP contribution in [0.15, 0.2) is 12.1 Å². The predicted octanol–water partition coefficient (Wildman–Crippen LogP) is 1.87. The minimum atomic E-state index is 0.922. The van der Waals surface area contributed by atoms with E-state index in [0.717, 1.165) is 31.1 Å². The molecule has 0 fully saturated rings. The zero-order valence-corrected chi connectivity index (χ0v) is 7.93. The average Bonchev–Trinajstić information content (AvgIpc) is 2.18. The first-order valence-electron chi connectivity index (χ1n) is 4.88. The number of fused-ring (bicyclic) bond motifs is 1. The molecule has 0 aromatic carbocycles. The highest BCUT2D eigenvalue weighted by molar-refractivity contribution is 5.52. The number of nitrogens with one attached hydrogen (secondary N) is 2. The summed E-state index contributed by atoms with van der Waals surface area (Å²) in [5, 5.41) is 6.52. The third-order valence-corrected chi connectivity index (χ3v) is 2.25. The van der Waals surface area contributed by atoms with Crippen LogP contribution < -0.4 is 10.6 Å². The van der Waals surface area contributed by atoms with Gasteiger partial charge in [-0.05, 0) is 31.4 Å². The van der Waals surface area contributed by atoms with Crippen LogP contribution in [0.3, 0.4) is 0 Å². The van der Waals surface area contributed by atoms with Gasteiger partial charge < -0.3 is 10.6 Å². The van der Waals surface area contributed by atoms with E-state index in [1.54, 1.807) is 0 Å². The van der Waals surface area contributed by atoms with Gasteiger partial charge in [0.1, 0.15) is 11.6 Å². The van der Waals surface area contributed by atoms with Crippen LogP contribution in [-0.2, 0) is 6.42 Å². The number of rotatable bonds is 2. The van der Waals surface area contributed by atoms with Gasteiger partial charge in [0.05, 0.1) is 0 Å². The van der Waals surface area contributed by atoms with E-state index in [2.05, 4.69) is 34.7 Å². The first kappa shape index (κ1) is 8.35.